The van der Waals surface area contributed by atoms with E-state index in [4.69, 9.17) is 5.73 Å². The molecule has 0 saturated carbocycles. The molecule has 4 heteroatoms. The van der Waals surface area contributed by atoms with Crippen molar-refractivity contribution in [3.63, 3.8) is 0 Å². The van der Waals surface area contributed by atoms with Gasteiger partial charge in [-0.05, 0) is 41.6 Å². The van der Waals surface area contributed by atoms with Gasteiger partial charge >= 0.3 is 0 Å². The van der Waals surface area contributed by atoms with Gasteiger partial charge in [0.25, 0.3) is 0 Å². The van der Waals surface area contributed by atoms with Gasteiger partial charge in [-0.1, -0.05) is 27.7 Å². The van der Waals surface area contributed by atoms with E-state index in [1.807, 2.05) is 6.92 Å². The zero-order chi connectivity index (χ0) is 13.4. The van der Waals surface area contributed by atoms with E-state index in [2.05, 4.69) is 60.3 Å². The van der Waals surface area contributed by atoms with Gasteiger partial charge in [-0.3, -0.25) is 4.68 Å². The standard InChI is InChI=1S/C13H24BrN3/c1-7-10(15)12(13(4,5)6)17-9(3)11(14)8(2)16-17/h10,12H,7,15H2,1-6H3. The van der Waals surface area contributed by atoms with Crippen LogP contribution >= 0.6 is 15.9 Å². The zero-order valence-electron chi connectivity index (χ0n) is 11.7. The van der Waals surface area contributed by atoms with E-state index >= 15 is 0 Å². The maximum Gasteiger partial charge on any atom is 0.0738 e. The monoisotopic (exact) mass is 301 g/mol. The first-order valence-electron chi connectivity index (χ1n) is 6.17. The number of nitrogens with two attached hydrogens (primary N) is 1. The molecule has 1 heterocycles. The van der Waals surface area contributed by atoms with Crippen LogP contribution in [-0.2, 0) is 0 Å². The van der Waals surface area contributed by atoms with Gasteiger partial charge in [-0.2, -0.15) is 5.10 Å². The number of halogens is 1. The number of rotatable bonds is 3. The Morgan fingerprint density at radius 3 is 2.18 bits per heavy atom. The van der Waals surface area contributed by atoms with Crippen LogP contribution in [0.15, 0.2) is 4.47 Å². The Labute approximate surface area is 113 Å². The predicted octanol–water partition coefficient (Wildman–Crippen LogP) is 3.59. The molecule has 1 rings (SSSR count). The van der Waals surface area contributed by atoms with Crippen molar-refractivity contribution in [3.8, 4) is 0 Å². The van der Waals surface area contributed by atoms with Gasteiger partial charge in [0.1, 0.15) is 0 Å². The highest BCUT2D eigenvalue weighted by Gasteiger charge is 2.33. The second-order valence-corrected chi connectivity index (χ2v) is 6.61. The third-order valence-electron chi connectivity index (χ3n) is 3.26. The number of aromatic nitrogens is 2. The summed E-state index contributed by atoms with van der Waals surface area (Å²) in [5.41, 5.74) is 8.57. The van der Waals surface area contributed by atoms with Crippen LogP contribution in [0.3, 0.4) is 0 Å². The Kier molecular flexibility index (Phi) is 4.42. The molecule has 0 bridgehead atoms. The third-order valence-corrected chi connectivity index (χ3v) is 4.41. The van der Waals surface area contributed by atoms with Crippen LogP contribution < -0.4 is 5.73 Å². The molecule has 0 fully saturated rings. The molecule has 2 unspecified atom stereocenters. The van der Waals surface area contributed by atoms with Gasteiger partial charge in [0.15, 0.2) is 0 Å². The number of hydrogen-bond donors (Lipinski definition) is 1. The minimum absolute atomic E-state index is 0.0953. The molecule has 1 aromatic rings. The van der Waals surface area contributed by atoms with Crippen LogP contribution in [0.2, 0.25) is 0 Å². The number of hydrogen-bond acceptors (Lipinski definition) is 2. The van der Waals surface area contributed by atoms with E-state index in [1.165, 1.54) is 0 Å². The topological polar surface area (TPSA) is 43.8 Å². The molecule has 0 aromatic carbocycles. The largest absolute Gasteiger partial charge is 0.326 e. The highest BCUT2D eigenvalue weighted by Crippen LogP contribution is 2.36. The molecule has 0 aliphatic carbocycles. The fourth-order valence-electron chi connectivity index (χ4n) is 2.33. The lowest BCUT2D eigenvalue weighted by atomic mass is 9.81. The van der Waals surface area contributed by atoms with Crippen molar-refractivity contribution in [2.24, 2.45) is 11.1 Å². The third kappa shape index (κ3) is 2.91. The minimum Gasteiger partial charge on any atom is -0.326 e. The average Bonchev–Trinajstić information content (AvgIpc) is 2.44. The molecule has 1 aromatic heterocycles. The maximum atomic E-state index is 6.29. The van der Waals surface area contributed by atoms with Gasteiger partial charge in [-0.15, -0.1) is 0 Å². The van der Waals surface area contributed by atoms with Crippen LogP contribution in [0.25, 0.3) is 0 Å². The SMILES string of the molecule is CCC(N)C(n1nc(C)c(Br)c1C)C(C)(C)C. The molecule has 0 saturated heterocycles. The maximum absolute atomic E-state index is 6.29. The smallest absolute Gasteiger partial charge is 0.0738 e. The van der Waals surface area contributed by atoms with Gasteiger partial charge in [-0.25, -0.2) is 0 Å². The van der Waals surface area contributed by atoms with Gasteiger partial charge < -0.3 is 5.73 Å². The zero-order valence-corrected chi connectivity index (χ0v) is 13.3. The fraction of sp³-hybridized carbons (Fsp3) is 0.769. The van der Waals surface area contributed by atoms with Crippen molar-refractivity contribution in [1.82, 2.24) is 9.78 Å². The second-order valence-electron chi connectivity index (χ2n) is 5.81. The Balaban J connectivity index is 3.28. The van der Waals surface area contributed by atoms with Crippen LogP contribution in [-0.4, -0.2) is 15.8 Å². The summed E-state index contributed by atoms with van der Waals surface area (Å²) in [6, 6.07) is 0.345. The van der Waals surface area contributed by atoms with Gasteiger partial charge in [0, 0.05) is 6.04 Å². The molecule has 2 atom stereocenters. The summed E-state index contributed by atoms with van der Waals surface area (Å²) in [7, 11) is 0. The molecular weight excluding hydrogens is 278 g/mol. The fourth-order valence-corrected chi connectivity index (χ4v) is 2.59. The molecule has 98 valence electrons. The van der Waals surface area contributed by atoms with Crippen LogP contribution in [0, 0.1) is 19.3 Å². The Morgan fingerprint density at radius 1 is 1.35 bits per heavy atom. The predicted molar refractivity (Wildman–Crippen MR) is 76.2 cm³/mol. The molecule has 0 amide bonds. The van der Waals surface area contributed by atoms with Crippen molar-refractivity contribution < 1.29 is 0 Å². The second kappa shape index (κ2) is 5.11. The molecule has 17 heavy (non-hydrogen) atoms. The minimum atomic E-state index is 0.0953. The Morgan fingerprint density at radius 2 is 1.88 bits per heavy atom. The number of aryl methyl sites for hydroxylation is 1. The molecule has 0 spiro atoms. The lowest BCUT2D eigenvalue weighted by Crippen LogP contribution is -2.40. The normalized spacial score (nSPS) is 16.0. The van der Waals surface area contributed by atoms with E-state index in [9.17, 15) is 0 Å². The van der Waals surface area contributed by atoms with E-state index in [-0.39, 0.29) is 17.5 Å². The Bertz CT molecular complexity index is 390. The summed E-state index contributed by atoms with van der Waals surface area (Å²) < 4.78 is 3.18. The summed E-state index contributed by atoms with van der Waals surface area (Å²) in [6.45, 7) is 12.9. The van der Waals surface area contributed by atoms with Crippen LogP contribution in [0.5, 0.6) is 0 Å². The molecule has 0 aliphatic rings. The van der Waals surface area contributed by atoms with E-state index < -0.39 is 0 Å². The van der Waals surface area contributed by atoms with Crippen LogP contribution in [0.1, 0.15) is 51.5 Å². The lowest BCUT2D eigenvalue weighted by Gasteiger charge is -2.36. The lowest BCUT2D eigenvalue weighted by molar-refractivity contribution is 0.183. The van der Waals surface area contributed by atoms with E-state index in [0.29, 0.717) is 0 Å². The summed E-state index contributed by atoms with van der Waals surface area (Å²) >= 11 is 3.58. The van der Waals surface area contributed by atoms with Crippen molar-refractivity contribution in [2.45, 2.75) is 60.0 Å². The quantitative estimate of drug-likeness (QED) is 0.927. The van der Waals surface area contributed by atoms with Crippen LogP contribution in [0.4, 0.5) is 0 Å². The van der Waals surface area contributed by atoms with Crippen molar-refractivity contribution in [2.75, 3.05) is 0 Å². The molecule has 3 nitrogen and oxygen atoms in total. The van der Waals surface area contributed by atoms with Crippen molar-refractivity contribution in [3.05, 3.63) is 15.9 Å². The summed E-state index contributed by atoms with van der Waals surface area (Å²) in [6.07, 6.45) is 0.956. The summed E-state index contributed by atoms with van der Waals surface area (Å²) in [4.78, 5) is 0. The van der Waals surface area contributed by atoms with Gasteiger partial charge in [0.05, 0.1) is 21.9 Å². The first kappa shape index (κ1) is 14.7. The van der Waals surface area contributed by atoms with E-state index in [0.717, 1.165) is 22.3 Å². The highest BCUT2D eigenvalue weighted by molar-refractivity contribution is 9.10. The average molecular weight is 302 g/mol. The summed E-state index contributed by atoms with van der Waals surface area (Å²) in [5, 5.41) is 4.64. The first-order chi connectivity index (χ1) is 7.70. The number of nitrogens with zero attached hydrogens (tertiary/aromatic N) is 2. The van der Waals surface area contributed by atoms with E-state index in [1.54, 1.807) is 0 Å². The molecule has 0 aliphatic heterocycles. The van der Waals surface area contributed by atoms with Crippen molar-refractivity contribution in [1.29, 1.82) is 0 Å². The summed E-state index contributed by atoms with van der Waals surface area (Å²) in [5.74, 6) is 0. The Hall–Kier alpha value is -0.350. The molecule has 0 radical (unpaired) electrons. The molecular formula is C13H24BrN3. The first-order valence-corrected chi connectivity index (χ1v) is 6.96. The van der Waals surface area contributed by atoms with Gasteiger partial charge in [0.2, 0.25) is 0 Å². The molecule has 2 N–H and O–H groups in total. The highest BCUT2D eigenvalue weighted by atomic mass is 79.9. The van der Waals surface area contributed by atoms with Crippen molar-refractivity contribution >= 4 is 15.9 Å².